The number of rotatable bonds is 0. The van der Waals surface area contributed by atoms with Crippen LogP contribution in [0.4, 0.5) is 5.82 Å². The summed E-state index contributed by atoms with van der Waals surface area (Å²) in [5.74, 6) is 1.49. The Morgan fingerprint density at radius 2 is 1.97 bits per heavy atom. The van der Waals surface area contributed by atoms with E-state index in [1.54, 1.807) is 12.4 Å². The number of hydrogen-bond donors (Lipinski definition) is 3. The molecular weight excluding hydrogens is 374 g/mol. The Hall–Kier alpha value is -3.17. The van der Waals surface area contributed by atoms with E-state index in [1.807, 2.05) is 18.2 Å². The molecule has 2 aromatic rings. The Bertz CT molecular complexity index is 931. The molecule has 9 heteroatoms. The Labute approximate surface area is 168 Å². The molecule has 2 aliphatic rings. The van der Waals surface area contributed by atoms with Crippen LogP contribution in [0.2, 0.25) is 0 Å². The number of ether oxygens (including phenoxy) is 3. The lowest BCUT2D eigenvalue weighted by Gasteiger charge is -2.21. The zero-order chi connectivity index (χ0) is 20.1. The topological polar surface area (TPSA) is 125 Å². The summed E-state index contributed by atoms with van der Waals surface area (Å²) in [7, 11) is 0. The van der Waals surface area contributed by atoms with Gasteiger partial charge in [-0.15, -0.1) is 0 Å². The highest BCUT2D eigenvalue weighted by Gasteiger charge is 2.19. The number of anilines is 1. The molecule has 0 spiro atoms. The molecular formula is C20H23N5O4. The fourth-order valence-corrected chi connectivity index (χ4v) is 3.07. The van der Waals surface area contributed by atoms with E-state index in [0.717, 1.165) is 18.6 Å². The van der Waals surface area contributed by atoms with Crippen LogP contribution < -0.4 is 15.8 Å². The molecule has 0 fully saturated rings. The van der Waals surface area contributed by atoms with E-state index in [4.69, 9.17) is 19.9 Å². The molecule has 1 atom stereocenters. The zero-order valence-electron chi connectivity index (χ0n) is 15.9. The molecule has 3 heterocycles. The lowest BCUT2D eigenvalue weighted by Crippen LogP contribution is -2.25. The highest BCUT2D eigenvalue weighted by molar-refractivity contribution is 5.60. The first-order valence-electron chi connectivity index (χ1n) is 9.46. The van der Waals surface area contributed by atoms with E-state index in [-0.39, 0.29) is 11.5 Å². The van der Waals surface area contributed by atoms with Crippen LogP contribution in [0.1, 0.15) is 24.8 Å². The van der Waals surface area contributed by atoms with E-state index in [9.17, 15) is 5.11 Å². The number of nitrogen functional groups attached to an aromatic ring is 1. The minimum Gasteiger partial charge on any atom is -0.493 e. The van der Waals surface area contributed by atoms with Crippen LogP contribution in [-0.2, 0) is 9.47 Å². The van der Waals surface area contributed by atoms with Gasteiger partial charge in [0.05, 0.1) is 37.0 Å². The standard InChI is InChI=1S/C20H23N5O4/c21-19-18-20(26)25-15-3-1-2-4-17(15)29-8-6-27-5-7-28-14-9-13(10-22-11-14)16(24-18)12-23-19/h1,3,9-12,20,25-26H,2,4-8H2,(H2,21,23). The van der Waals surface area contributed by atoms with Crippen LogP contribution >= 0.6 is 0 Å². The Kier molecular flexibility index (Phi) is 5.87. The smallest absolute Gasteiger partial charge is 0.171 e. The fraction of sp³-hybridized carbons (Fsp3) is 0.350. The lowest BCUT2D eigenvalue weighted by atomic mass is 10.1. The van der Waals surface area contributed by atoms with Crippen molar-refractivity contribution in [2.24, 2.45) is 0 Å². The van der Waals surface area contributed by atoms with E-state index >= 15 is 0 Å². The normalized spacial score (nSPS) is 20.0. The average molecular weight is 397 g/mol. The van der Waals surface area contributed by atoms with Gasteiger partial charge in [-0.3, -0.25) is 4.98 Å². The molecule has 1 aliphatic carbocycles. The highest BCUT2D eigenvalue weighted by atomic mass is 16.5. The minimum atomic E-state index is -1.15. The van der Waals surface area contributed by atoms with Gasteiger partial charge in [0, 0.05) is 18.2 Å². The Balaban J connectivity index is 1.69. The predicted molar refractivity (Wildman–Crippen MR) is 105 cm³/mol. The highest BCUT2D eigenvalue weighted by Crippen LogP contribution is 2.26. The fourth-order valence-electron chi connectivity index (χ4n) is 3.07. The Morgan fingerprint density at radius 1 is 1.10 bits per heavy atom. The summed E-state index contributed by atoms with van der Waals surface area (Å²) in [5.41, 5.74) is 8.12. The number of nitrogens with zero attached hydrogens (tertiary/aromatic N) is 3. The number of hydrogen-bond acceptors (Lipinski definition) is 9. The van der Waals surface area contributed by atoms with Crippen molar-refractivity contribution in [3.05, 3.63) is 54.0 Å². The summed E-state index contributed by atoms with van der Waals surface area (Å²) in [6.07, 6.45) is 9.15. The van der Waals surface area contributed by atoms with Crippen LogP contribution in [0.5, 0.6) is 5.75 Å². The molecule has 0 saturated carbocycles. The molecule has 1 aliphatic heterocycles. The molecule has 4 rings (SSSR count). The van der Waals surface area contributed by atoms with Crippen molar-refractivity contribution in [3.8, 4) is 17.0 Å². The van der Waals surface area contributed by atoms with Crippen LogP contribution in [0.3, 0.4) is 0 Å². The van der Waals surface area contributed by atoms with Crippen molar-refractivity contribution < 1.29 is 19.3 Å². The van der Waals surface area contributed by atoms with Gasteiger partial charge >= 0.3 is 0 Å². The predicted octanol–water partition coefficient (Wildman–Crippen LogP) is 1.69. The van der Waals surface area contributed by atoms with Gasteiger partial charge in [-0.2, -0.15) is 0 Å². The van der Waals surface area contributed by atoms with Gasteiger partial charge in [-0.1, -0.05) is 6.08 Å². The molecule has 9 nitrogen and oxygen atoms in total. The molecule has 1 unspecified atom stereocenters. The molecule has 0 saturated heterocycles. The summed E-state index contributed by atoms with van der Waals surface area (Å²) < 4.78 is 17.1. The second kappa shape index (κ2) is 8.89. The molecule has 4 bridgehead atoms. The maximum Gasteiger partial charge on any atom is 0.171 e. The number of aromatic nitrogens is 3. The van der Waals surface area contributed by atoms with E-state index in [1.165, 1.54) is 6.20 Å². The quantitative estimate of drug-likeness (QED) is 0.609. The summed E-state index contributed by atoms with van der Waals surface area (Å²) in [6.45, 7) is 1.66. The van der Waals surface area contributed by atoms with Crippen molar-refractivity contribution in [2.75, 3.05) is 32.2 Å². The molecule has 0 aromatic carbocycles. The van der Waals surface area contributed by atoms with Crippen molar-refractivity contribution >= 4 is 5.82 Å². The van der Waals surface area contributed by atoms with E-state index in [2.05, 4.69) is 20.3 Å². The van der Waals surface area contributed by atoms with Crippen molar-refractivity contribution in [1.82, 2.24) is 20.3 Å². The molecule has 4 N–H and O–H groups in total. The second-order valence-electron chi connectivity index (χ2n) is 6.57. The van der Waals surface area contributed by atoms with Gasteiger partial charge in [0.15, 0.2) is 6.23 Å². The minimum absolute atomic E-state index is 0.142. The largest absolute Gasteiger partial charge is 0.493 e. The molecule has 0 radical (unpaired) electrons. The number of allylic oxidation sites excluding steroid dienone is 3. The summed E-state index contributed by atoms with van der Waals surface area (Å²) in [4.78, 5) is 12.9. The van der Waals surface area contributed by atoms with E-state index in [0.29, 0.717) is 49.1 Å². The van der Waals surface area contributed by atoms with Gasteiger partial charge in [0.2, 0.25) is 0 Å². The summed E-state index contributed by atoms with van der Waals surface area (Å²) >= 11 is 0. The first-order chi connectivity index (χ1) is 14.2. The number of nitrogens with one attached hydrogen (secondary N) is 1. The molecule has 29 heavy (non-hydrogen) atoms. The number of fused-ring (bicyclic) bond motifs is 5. The van der Waals surface area contributed by atoms with Gasteiger partial charge < -0.3 is 30.4 Å². The average Bonchev–Trinajstić information content (AvgIpc) is 2.74. The van der Waals surface area contributed by atoms with E-state index < -0.39 is 6.23 Å². The number of nitrogens with two attached hydrogens (primary N) is 1. The van der Waals surface area contributed by atoms with Crippen molar-refractivity contribution in [3.63, 3.8) is 0 Å². The van der Waals surface area contributed by atoms with Crippen molar-refractivity contribution in [2.45, 2.75) is 19.1 Å². The maximum atomic E-state index is 10.7. The van der Waals surface area contributed by atoms with Crippen LogP contribution in [-0.4, -0.2) is 46.5 Å². The Morgan fingerprint density at radius 3 is 2.86 bits per heavy atom. The van der Waals surface area contributed by atoms with Crippen LogP contribution in [0.15, 0.2) is 48.3 Å². The molecule has 152 valence electrons. The monoisotopic (exact) mass is 397 g/mol. The molecule has 2 aromatic heterocycles. The summed E-state index contributed by atoms with van der Waals surface area (Å²) in [5, 5.41) is 13.8. The van der Waals surface area contributed by atoms with Gasteiger partial charge in [-0.25, -0.2) is 9.97 Å². The second-order valence-corrected chi connectivity index (χ2v) is 6.57. The number of pyridine rings is 1. The third-order valence-electron chi connectivity index (χ3n) is 4.51. The van der Waals surface area contributed by atoms with Crippen LogP contribution in [0, 0.1) is 0 Å². The lowest BCUT2D eigenvalue weighted by molar-refractivity contribution is 0.0547. The third-order valence-corrected chi connectivity index (χ3v) is 4.51. The van der Waals surface area contributed by atoms with Crippen molar-refractivity contribution in [1.29, 1.82) is 0 Å². The number of aliphatic hydroxyl groups excluding tert-OH is 1. The van der Waals surface area contributed by atoms with Gasteiger partial charge in [0.1, 0.15) is 36.2 Å². The first kappa shape index (κ1) is 19.2. The van der Waals surface area contributed by atoms with Gasteiger partial charge in [0.25, 0.3) is 0 Å². The van der Waals surface area contributed by atoms with Crippen LogP contribution in [0.25, 0.3) is 11.3 Å². The third kappa shape index (κ3) is 4.64. The van der Waals surface area contributed by atoms with Gasteiger partial charge in [-0.05, 0) is 18.6 Å². The number of aliphatic hydroxyl groups is 1. The SMILES string of the molecule is Nc1ncc2nc1C(O)NC1=C(CCC=C1)OCCOCCOc1cncc-2c1. The summed E-state index contributed by atoms with van der Waals surface area (Å²) in [6, 6.07) is 1.81. The zero-order valence-corrected chi connectivity index (χ0v) is 15.9. The maximum absolute atomic E-state index is 10.7. The molecule has 0 amide bonds. The first-order valence-corrected chi connectivity index (χ1v) is 9.46.